The third kappa shape index (κ3) is 3.62. The molecule has 0 radical (unpaired) electrons. The summed E-state index contributed by atoms with van der Waals surface area (Å²) in [6.07, 6.45) is 0.586. The topological polar surface area (TPSA) is 52.4 Å². The van der Waals surface area contributed by atoms with Crippen molar-refractivity contribution < 1.29 is 9.66 Å². The van der Waals surface area contributed by atoms with Crippen LogP contribution in [0.15, 0.2) is 42.5 Å². The van der Waals surface area contributed by atoms with E-state index in [9.17, 15) is 10.1 Å². The van der Waals surface area contributed by atoms with Gasteiger partial charge in [0.15, 0.2) is 5.75 Å². The second-order valence-electron chi connectivity index (χ2n) is 4.07. The van der Waals surface area contributed by atoms with Crippen LogP contribution in [0.1, 0.15) is 5.56 Å². The Morgan fingerprint density at radius 3 is 2.55 bits per heavy atom. The van der Waals surface area contributed by atoms with Crippen molar-refractivity contribution in [1.29, 1.82) is 0 Å². The zero-order valence-electron chi connectivity index (χ0n) is 10.4. The molecule has 20 heavy (non-hydrogen) atoms. The van der Waals surface area contributed by atoms with Gasteiger partial charge >= 0.3 is 5.69 Å². The third-order valence-corrected chi connectivity index (χ3v) is 3.43. The molecule has 0 saturated heterocycles. The van der Waals surface area contributed by atoms with Gasteiger partial charge in [-0.05, 0) is 23.8 Å². The van der Waals surface area contributed by atoms with Gasteiger partial charge in [0.05, 0.1) is 21.6 Å². The zero-order valence-corrected chi connectivity index (χ0v) is 11.9. The van der Waals surface area contributed by atoms with Gasteiger partial charge in [0.2, 0.25) is 0 Å². The van der Waals surface area contributed by atoms with E-state index in [4.69, 9.17) is 27.9 Å². The quantitative estimate of drug-likeness (QED) is 0.602. The van der Waals surface area contributed by atoms with E-state index in [0.717, 1.165) is 5.56 Å². The van der Waals surface area contributed by atoms with Crippen LogP contribution < -0.4 is 4.74 Å². The number of nitro benzene ring substituents is 1. The second-order valence-corrected chi connectivity index (χ2v) is 4.89. The lowest BCUT2D eigenvalue weighted by molar-refractivity contribution is -0.385. The van der Waals surface area contributed by atoms with Crippen molar-refractivity contribution in [1.82, 2.24) is 0 Å². The van der Waals surface area contributed by atoms with E-state index in [0.29, 0.717) is 23.1 Å². The summed E-state index contributed by atoms with van der Waals surface area (Å²) in [5, 5.41) is 11.8. The average molecular weight is 312 g/mol. The van der Waals surface area contributed by atoms with Gasteiger partial charge < -0.3 is 4.74 Å². The summed E-state index contributed by atoms with van der Waals surface area (Å²) in [5.74, 6) is 0.262. The zero-order chi connectivity index (χ0) is 14.5. The van der Waals surface area contributed by atoms with E-state index >= 15 is 0 Å². The van der Waals surface area contributed by atoms with Gasteiger partial charge in [0, 0.05) is 12.5 Å². The van der Waals surface area contributed by atoms with Crippen molar-refractivity contribution in [3.8, 4) is 5.75 Å². The smallest absolute Gasteiger partial charge is 0.310 e. The molecule has 6 heteroatoms. The molecular weight excluding hydrogens is 301 g/mol. The maximum atomic E-state index is 10.8. The molecule has 0 atom stereocenters. The summed E-state index contributed by atoms with van der Waals surface area (Å²) in [5.41, 5.74) is 0.916. The van der Waals surface area contributed by atoms with Crippen LogP contribution in [-0.4, -0.2) is 11.5 Å². The van der Waals surface area contributed by atoms with E-state index in [1.807, 2.05) is 6.07 Å². The van der Waals surface area contributed by atoms with Crippen LogP contribution in [0.2, 0.25) is 10.0 Å². The number of rotatable bonds is 5. The van der Waals surface area contributed by atoms with Crippen molar-refractivity contribution in [2.24, 2.45) is 0 Å². The molecule has 2 rings (SSSR count). The third-order valence-electron chi connectivity index (χ3n) is 2.69. The number of nitrogens with zero attached hydrogens (tertiary/aromatic N) is 1. The fourth-order valence-electron chi connectivity index (χ4n) is 1.70. The molecule has 0 aromatic heterocycles. The first-order valence-electron chi connectivity index (χ1n) is 5.88. The molecule has 0 aliphatic rings. The standard InChI is InChI=1S/C14H11Cl2NO3/c15-11-6-5-10(9-12(11)16)7-8-20-14-4-2-1-3-13(14)17(18)19/h1-6,9H,7-8H2. The number of para-hydroxylation sites is 2. The summed E-state index contributed by atoms with van der Waals surface area (Å²) < 4.78 is 5.45. The summed E-state index contributed by atoms with van der Waals surface area (Å²) in [6, 6.07) is 11.6. The molecule has 0 spiro atoms. The Labute approximate surface area is 126 Å². The highest BCUT2D eigenvalue weighted by atomic mass is 35.5. The van der Waals surface area contributed by atoms with E-state index in [-0.39, 0.29) is 11.4 Å². The molecule has 0 amide bonds. The van der Waals surface area contributed by atoms with Gasteiger partial charge in [-0.25, -0.2) is 0 Å². The first kappa shape index (κ1) is 14.6. The maximum Gasteiger partial charge on any atom is 0.310 e. The number of nitro groups is 1. The van der Waals surface area contributed by atoms with Gasteiger partial charge in [-0.2, -0.15) is 0 Å². The van der Waals surface area contributed by atoms with Gasteiger partial charge in [0.25, 0.3) is 0 Å². The fraction of sp³-hybridized carbons (Fsp3) is 0.143. The highest BCUT2D eigenvalue weighted by molar-refractivity contribution is 6.42. The molecule has 0 N–H and O–H groups in total. The van der Waals surface area contributed by atoms with Crippen molar-refractivity contribution in [3.63, 3.8) is 0 Å². The Morgan fingerprint density at radius 2 is 1.85 bits per heavy atom. The van der Waals surface area contributed by atoms with Crippen LogP contribution in [0.5, 0.6) is 5.75 Å². The Kier molecular flexibility index (Phi) is 4.82. The van der Waals surface area contributed by atoms with Crippen LogP contribution in [0, 0.1) is 10.1 Å². The van der Waals surface area contributed by atoms with Crippen LogP contribution in [-0.2, 0) is 6.42 Å². The minimum absolute atomic E-state index is 0.0401. The molecule has 0 aliphatic carbocycles. The Bertz CT molecular complexity index is 632. The predicted molar refractivity (Wildman–Crippen MR) is 78.8 cm³/mol. The monoisotopic (exact) mass is 311 g/mol. The van der Waals surface area contributed by atoms with Crippen LogP contribution in [0.4, 0.5) is 5.69 Å². The van der Waals surface area contributed by atoms with Crippen molar-refractivity contribution in [2.75, 3.05) is 6.61 Å². The van der Waals surface area contributed by atoms with E-state index in [2.05, 4.69) is 0 Å². The van der Waals surface area contributed by atoms with Crippen molar-refractivity contribution in [3.05, 3.63) is 68.2 Å². The lowest BCUT2D eigenvalue weighted by Gasteiger charge is -2.07. The second kappa shape index (κ2) is 6.59. The summed E-state index contributed by atoms with van der Waals surface area (Å²) in [7, 11) is 0. The first-order valence-corrected chi connectivity index (χ1v) is 6.63. The maximum absolute atomic E-state index is 10.8. The summed E-state index contributed by atoms with van der Waals surface area (Å²) >= 11 is 11.7. The van der Waals surface area contributed by atoms with Gasteiger partial charge in [0.1, 0.15) is 0 Å². The Hall–Kier alpha value is -1.78. The first-order chi connectivity index (χ1) is 9.58. The molecule has 2 aromatic carbocycles. The van der Waals surface area contributed by atoms with Crippen LogP contribution >= 0.6 is 23.2 Å². The number of ether oxygens (including phenoxy) is 1. The number of halogens is 2. The lowest BCUT2D eigenvalue weighted by Crippen LogP contribution is -2.03. The Morgan fingerprint density at radius 1 is 1.10 bits per heavy atom. The summed E-state index contributed by atoms with van der Waals surface area (Å²) in [4.78, 5) is 10.4. The number of benzene rings is 2. The predicted octanol–water partition coefficient (Wildman–Crippen LogP) is 4.52. The molecule has 0 aliphatic heterocycles. The van der Waals surface area contributed by atoms with Crippen LogP contribution in [0.25, 0.3) is 0 Å². The minimum atomic E-state index is -0.464. The molecular formula is C14H11Cl2NO3. The highest BCUT2D eigenvalue weighted by Gasteiger charge is 2.13. The number of hydrogen-bond donors (Lipinski definition) is 0. The molecule has 2 aromatic rings. The van der Waals surface area contributed by atoms with Crippen LogP contribution in [0.3, 0.4) is 0 Å². The lowest BCUT2D eigenvalue weighted by atomic mass is 10.2. The molecule has 0 bridgehead atoms. The van der Waals surface area contributed by atoms with E-state index < -0.39 is 4.92 Å². The van der Waals surface area contributed by atoms with Crippen molar-refractivity contribution in [2.45, 2.75) is 6.42 Å². The summed E-state index contributed by atoms with van der Waals surface area (Å²) in [6.45, 7) is 0.322. The van der Waals surface area contributed by atoms with E-state index in [1.165, 1.54) is 6.07 Å². The molecule has 0 heterocycles. The molecule has 104 valence electrons. The van der Waals surface area contributed by atoms with E-state index in [1.54, 1.807) is 30.3 Å². The largest absolute Gasteiger partial charge is 0.486 e. The fourth-order valence-corrected chi connectivity index (χ4v) is 2.02. The highest BCUT2D eigenvalue weighted by Crippen LogP contribution is 2.26. The molecule has 0 unspecified atom stereocenters. The number of hydrogen-bond acceptors (Lipinski definition) is 3. The van der Waals surface area contributed by atoms with Gasteiger partial charge in [-0.3, -0.25) is 10.1 Å². The molecule has 4 nitrogen and oxygen atoms in total. The van der Waals surface area contributed by atoms with Crippen molar-refractivity contribution >= 4 is 28.9 Å². The SMILES string of the molecule is O=[N+]([O-])c1ccccc1OCCc1ccc(Cl)c(Cl)c1. The minimum Gasteiger partial charge on any atom is -0.486 e. The normalized spacial score (nSPS) is 10.3. The molecule has 0 fully saturated rings. The van der Waals surface area contributed by atoms with Gasteiger partial charge in [-0.15, -0.1) is 0 Å². The Balaban J connectivity index is 1.99. The molecule has 0 saturated carbocycles. The van der Waals surface area contributed by atoms with Gasteiger partial charge in [-0.1, -0.05) is 41.4 Å². The average Bonchev–Trinajstić information content (AvgIpc) is 2.43.